The fourth-order valence-corrected chi connectivity index (χ4v) is 2.40. The van der Waals surface area contributed by atoms with Crippen molar-refractivity contribution in [2.24, 2.45) is 5.73 Å². The molecule has 0 saturated heterocycles. The van der Waals surface area contributed by atoms with E-state index in [1.807, 2.05) is 0 Å². The van der Waals surface area contributed by atoms with Crippen LogP contribution in [-0.4, -0.2) is 11.5 Å². The Morgan fingerprint density at radius 1 is 1.50 bits per heavy atom. The predicted octanol–water partition coefficient (Wildman–Crippen LogP) is 2.21. The van der Waals surface area contributed by atoms with Crippen molar-refractivity contribution >= 4 is 11.3 Å². The maximum absolute atomic E-state index is 5.51. The molecule has 0 saturated carbocycles. The van der Waals surface area contributed by atoms with Crippen LogP contribution in [0, 0.1) is 13.8 Å². The average Bonchev–Trinajstić information content (AvgIpc) is 2.30. The van der Waals surface area contributed by atoms with Crippen LogP contribution >= 0.6 is 11.3 Å². The van der Waals surface area contributed by atoms with Gasteiger partial charge in [0.05, 0.1) is 10.7 Å². The first kappa shape index (κ1) is 9.68. The molecule has 1 atom stereocenters. The Labute approximate surface area is 77.8 Å². The zero-order valence-electron chi connectivity index (χ0n) is 7.92. The zero-order valence-corrected chi connectivity index (χ0v) is 8.74. The van der Waals surface area contributed by atoms with E-state index in [2.05, 4.69) is 25.8 Å². The van der Waals surface area contributed by atoms with Gasteiger partial charge in [-0.25, -0.2) is 4.98 Å². The smallest absolute Gasteiger partial charge is 0.0900 e. The Balaban J connectivity index is 2.79. The summed E-state index contributed by atoms with van der Waals surface area (Å²) in [6.07, 6.45) is 1.06. The van der Waals surface area contributed by atoms with E-state index in [-0.39, 0.29) is 0 Å². The topological polar surface area (TPSA) is 38.9 Å². The Morgan fingerprint density at radius 2 is 2.17 bits per heavy atom. The number of nitrogens with zero attached hydrogens (tertiary/aromatic N) is 1. The van der Waals surface area contributed by atoms with Gasteiger partial charge in [-0.2, -0.15) is 0 Å². The van der Waals surface area contributed by atoms with Crippen molar-refractivity contribution in [1.82, 2.24) is 4.98 Å². The monoisotopic (exact) mass is 184 g/mol. The second-order valence-electron chi connectivity index (χ2n) is 3.16. The highest BCUT2D eigenvalue weighted by atomic mass is 32.1. The number of rotatable bonds is 3. The molecule has 0 aromatic carbocycles. The van der Waals surface area contributed by atoms with Crippen LogP contribution in [0.15, 0.2) is 0 Å². The summed E-state index contributed by atoms with van der Waals surface area (Å²) in [6.45, 7) is 7.10. The summed E-state index contributed by atoms with van der Waals surface area (Å²) in [6, 6.07) is 0. The summed E-state index contributed by atoms with van der Waals surface area (Å²) in [5, 5.41) is 1.16. The van der Waals surface area contributed by atoms with Crippen LogP contribution in [0.2, 0.25) is 0 Å². The van der Waals surface area contributed by atoms with Crippen LogP contribution < -0.4 is 5.73 Å². The van der Waals surface area contributed by atoms with Gasteiger partial charge in [0.15, 0.2) is 0 Å². The van der Waals surface area contributed by atoms with E-state index >= 15 is 0 Å². The minimum absolute atomic E-state index is 0.571. The van der Waals surface area contributed by atoms with Crippen LogP contribution in [-0.2, 0) is 0 Å². The van der Waals surface area contributed by atoms with Crippen LogP contribution in [0.5, 0.6) is 0 Å². The molecule has 1 rings (SSSR count). The first-order chi connectivity index (χ1) is 5.65. The van der Waals surface area contributed by atoms with E-state index in [0.717, 1.165) is 18.0 Å². The summed E-state index contributed by atoms with van der Waals surface area (Å²) < 4.78 is 0. The third-order valence-corrected chi connectivity index (χ3v) is 3.29. The maximum Gasteiger partial charge on any atom is 0.0900 e. The molecule has 0 spiro atoms. The molecule has 1 heterocycles. The minimum Gasteiger partial charge on any atom is -0.330 e. The van der Waals surface area contributed by atoms with Gasteiger partial charge < -0.3 is 5.73 Å². The molecule has 1 unspecified atom stereocenters. The first-order valence-electron chi connectivity index (χ1n) is 4.29. The fraction of sp³-hybridized carbons (Fsp3) is 0.667. The number of aryl methyl sites for hydroxylation is 2. The highest BCUT2D eigenvalue weighted by Gasteiger charge is 2.11. The summed E-state index contributed by atoms with van der Waals surface area (Å²) in [5.74, 6) is 0.571. The number of nitrogens with two attached hydrogens (primary N) is 1. The van der Waals surface area contributed by atoms with Crippen molar-refractivity contribution < 1.29 is 0 Å². The van der Waals surface area contributed by atoms with Crippen LogP contribution in [0.4, 0.5) is 0 Å². The van der Waals surface area contributed by atoms with Gasteiger partial charge in [0.2, 0.25) is 0 Å². The van der Waals surface area contributed by atoms with E-state index in [1.54, 1.807) is 11.3 Å². The number of hydrogen-bond donors (Lipinski definition) is 1. The average molecular weight is 184 g/mol. The van der Waals surface area contributed by atoms with Crippen molar-refractivity contribution in [1.29, 1.82) is 0 Å². The lowest BCUT2D eigenvalue weighted by atomic mass is 10.1. The molecular weight excluding hydrogens is 168 g/mol. The van der Waals surface area contributed by atoms with Gasteiger partial charge in [-0.3, -0.25) is 0 Å². The highest BCUT2D eigenvalue weighted by Crippen LogP contribution is 2.27. The summed E-state index contributed by atoms with van der Waals surface area (Å²) in [4.78, 5) is 5.79. The molecule has 2 N–H and O–H groups in total. The molecule has 0 aliphatic carbocycles. The van der Waals surface area contributed by atoms with Crippen molar-refractivity contribution in [3.63, 3.8) is 0 Å². The zero-order chi connectivity index (χ0) is 9.14. The first-order valence-corrected chi connectivity index (χ1v) is 5.10. The van der Waals surface area contributed by atoms with Crippen molar-refractivity contribution in [3.8, 4) is 0 Å². The Hall–Kier alpha value is -0.410. The molecule has 0 aliphatic heterocycles. The highest BCUT2D eigenvalue weighted by molar-refractivity contribution is 7.11. The predicted molar refractivity (Wildman–Crippen MR) is 53.7 cm³/mol. The Bertz CT molecular complexity index is 255. The fourth-order valence-electron chi connectivity index (χ4n) is 1.39. The maximum atomic E-state index is 5.51. The van der Waals surface area contributed by atoms with Crippen LogP contribution in [0.1, 0.15) is 34.8 Å². The summed E-state index contributed by atoms with van der Waals surface area (Å²) in [7, 11) is 0. The molecule has 0 amide bonds. The SMILES string of the molecule is Cc1nc(C)c(C(C)CCN)s1. The van der Waals surface area contributed by atoms with Gasteiger partial charge in [-0.15, -0.1) is 11.3 Å². The molecule has 3 heteroatoms. The number of aromatic nitrogens is 1. The molecule has 0 radical (unpaired) electrons. The van der Waals surface area contributed by atoms with E-state index in [0.29, 0.717) is 5.92 Å². The van der Waals surface area contributed by atoms with Gasteiger partial charge in [0.25, 0.3) is 0 Å². The largest absolute Gasteiger partial charge is 0.330 e. The van der Waals surface area contributed by atoms with E-state index < -0.39 is 0 Å². The van der Waals surface area contributed by atoms with E-state index in [1.165, 1.54) is 10.6 Å². The third kappa shape index (κ3) is 2.05. The van der Waals surface area contributed by atoms with Crippen molar-refractivity contribution in [2.45, 2.75) is 33.1 Å². The molecule has 68 valence electrons. The Morgan fingerprint density at radius 3 is 2.58 bits per heavy atom. The molecule has 2 nitrogen and oxygen atoms in total. The van der Waals surface area contributed by atoms with E-state index in [4.69, 9.17) is 5.73 Å². The standard InChI is InChI=1S/C9H16N2S/c1-6(4-5-10)9-7(2)11-8(3)12-9/h6H,4-5,10H2,1-3H3. The second kappa shape index (κ2) is 4.01. The Kier molecular flexibility index (Phi) is 3.23. The van der Waals surface area contributed by atoms with Crippen molar-refractivity contribution in [3.05, 3.63) is 15.6 Å². The lowest BCUT2D eigenvalue weighted by molar-refractivity contribution is 0.696. The number of thiazole rings is 1. The molecule has 12 heavy (non-hydrogen) atoms. The summed E-state index contributed by atoms with van der Waals surface area (Å²) >= 11 is 1.80. The minimum atomic E-state index is 0.571. The molecule has 1 aromatic rings. The molecular formula is C9H16N2S. The lowest BCUT2D eigenvalue weighted by Gasteiger charge is -2.06. The second-order valence-corrected chi connectivity index (χ2v) is 4.40. The summed E-state index contributed by atoms with van der Waals surface area (Å²) in [5.41, 5.74) is 6.69. The molecule has 0 bridgehead atoms. The van der Waals surface area contributed by atoms with Gasteiger partial charge in [-0.1, -0.05) is 6.92 Å². The van der Waals surface area contributed by atoms with E-state index in [9.17, 15) is 0 Å². The van der Waals surface area contributed by atoms with Gasteiger partial charge in [0, 0.05) is 4.88 Å². The quantitative estimate of drug-likeness (QED) is 0.782. The third-order valence-electron chi connectivity index (χ3n) is 1.99. The lowest BCUT2D eigenvalue weighted by Crippen LogP contribution is -2.04. The van der Waals surface area contributed by atoms with Crippen LogP contribution in [0.25, 0.3) is 0 Å². The molecule has 0 fully saturated rings. The van der Waals surface area contributed by atoms with Crippen LogP contribution in [0.3, 0.4) is 0 Å². The van der Waals surface area contributed by atoms with Gasteiger partial charge in [-0.05, 0) is 32.7 Å². The molecule has 0 aliphatic rings. The van der Waals surface area contributed by atoms with Gasteiger partial charge >= 0.3 is 0 Å². The number of hydrogen-bond acceptors (Lipinski definition) is 3. The van der Waals surface area contributed by atoms with Crippen molar-refractivity contribution in [2.75, 3.05) is 6.54 Å². The van der Waals surface area contributed by atoms with Gasteiger partial charge in [0.1, 0.15) is 0 Å². The normalized spacial score (nSPS) is 13.3. The molecule has 1 aromatic heterocycles.